The fraction of sp³-hybridized carbons (Fsp3) is 0.400. The smallest absolute Gasteiger partial charge is 0.115 e. The van der Waals surface area contributed by atoms with Gasteiger partial charge in [0.15, 0.2) is 0 Å². The van der Waals surface area contributed by atoms with E-state index in [1.54, 1.807) is 11.3 Å². The summed E-state index contributed by atoms with van der Waals surface area (Å²) < 4.78 is 0. The van der Waals surface area contributed by atoms with Crippen LogP contribution in [0.3, 0.4) is 0 Å². The van der Waals surface area contributed by atoms with Crippen LogP contribution in [0.2, 0.25) is 5.02 Å². The first-order chi connectivity index (χ1) is 8.99. The number of halogens is 1. The number of hydrogen-bond acceptors (Lipinski definition) is 3. The van der Waals surface area contributed by atoms with Crippen molar-refractivity contribution in [3.63, 3.8) is 0 Å². The van der Waals surface area contributed by atoms with E-state index in [2.05, 4.69) is 37.1 Å². The third-order valence-electron chi connectivity index (χ3n) is 3.01. The van der Waals surface area contributed by atoms with Crippen LogP contribution in [0.15, 0.2) is 24.3 Å². The fourth-order valence-corrected chi connectivity index (χ4v) is 3.20. The van der Waals surface area contributed by atoms with Gasteiger partial charge >= 0.3 is 0 Å². The van der Waals surface area contributed by atoms with Crippen molar-refractivity contribution >= 4 is 22.9 Å². The van der Waals surface area contributed by atoms with Crippen molar-refractivity contribution < 1.29 is 0 Å². The normalized spacial score (nSPS) is 12.9. The fourth-order valence-electron chi connectivity index (χ4n) is 1.96. The van der Waals surface area contributed by atoms with Crippen molar-refractivity contribution in [2.45, 2.75) is 39.8 Å². The van der Waals surface area contributed by atoms with E-state index in [9.17, 15) is 0 Å². The summed E-state index contributed by atoms with van der Waals surface area (Å²) in [5.74, 6) is 0. The van der Waals surface area contributed by atoms with E-state index in [1.807, 2.05) is 25.1 Å². The van der Waals surface area contributed by atoms with Crippen molar-refractivity contribution in [3.05, 3.63) is 50.4 Å². The molecule has 0 bridgehead atoms. The lowest BCUT2D eigenvalue weighted by atomic mass is 10.1. The predicted octanol–water partition coefficient (Wildman–Crippen LogP) is 4.50. The number of benzene rings is 1. The second-order valence-corrected chi connectivity index (χ2v) is 6.61. The zero-order valence-electron chi connectivity index (χ0n) is 11.7. The third kappa shape index (κ3) is 3.35. The highest BCUT2D eigenvalue weighted by Crippen LogP contribution is 2.32. The van der Waals surface area contributed by atoms with Crippen LogP contribution in [0.5, 0.6) is 0 Å². The van der Waals surface area contributed by atoms with Gasteiger partial charge in [0.05, 0.1) is 11.7 Å². The zero-order chi connectivity index (χ0) is 14.0. The summed E-state index contributed by atoms with van der Waals surface area (Å²) in [6.45, 7) is 8.43. The summed E-state index contributed by atoms with van der Waals surface area (Å²) in [4.78, 5) is 5.94. The number of nitrogens with zero attached hydrogens (tertiary/aromatic N) is 1. The second kappa shape index (κ2) is 6.04. The molecule has 0 radical (unpaired) electrons. The Bertz CT molecular complexity index is 544. The largest absolute Gasteiger partial charge is 0.302 e. The molecular formula is C15H19ClN2S. The van der Waals surface area contributed by atoms with Crippen molar-refractivity contribution in [1.29, 1.82) is 0 Å². The Balaban J connectivity index is 2.44. The molecule has 19 heavy (non-hydrogen) atoms. The molecule has 0 aliphatic rings. The van der Waals surface area contributed by atoms with Crippen LogP contribution in [-0.4, -0.2) is 11.0 Å². The van der Waals surface area contributed by atoms with Gasteiger partial charge in [0, 0.05) is 15.9 Å². The molecule has 0 fully saturated rings. The van der Waals surface area contributed by atoms with Gasteiger partial charge < -0.3 is 5.32 Å². The van der Waals surface area contributed by atoms with E-state index >= 15 is 0 Å². The van der Waals surface area contributed by atoms with E-state index < -0.39 is 0 Å². The average Bonchev–Trinajstić information content (AvgIpc) is 2.67. The van der Waals surface area contributed by atoms with Gasteiger partial charge in [-0.25, -0.2) is 4.98 Å². The number of rotatable bonds is 4. The number of aryl methyl sites for hydroxylation is 2. The molecule has 0 saturated heterocycles. The Hall–Kier alpha value is -0.900. The molecule has 2 aromatic rings. The van der Waals surface area contributed by atoms with Gasteiger partial charge in [-0.15, -0.1) is 11.3 Å². The molecule has 1 unspecified atom stereocenters. The van der Waals surface area contributed by atoms with Gasteiger partial charge in [0.25, 0.3) is 0 Å². The molecule has 1 aromatic carbocycles. The van der Waals surface area contributed by atoms with Crippen molar-refractivity contribution in [2.75, 3.05) is 0 Å². The molecule has 0 aliphatic carbocycles. The van der Waals surface area contributed by atoms with E-state index in [0.29, 0.717) is 6.04 Å². The zero-order valence-corrected chi connectivity index (χ0v) is 13.3. The first-order valence-corrected chi connectivity index (χ1v) is 7.63. The Labute approximate surface area is 123 Å². The minimum atomic E-state index is 0.0612. The summed E-state index contributed by atoms with van der Waals surface area (Å²) in [5.41, 5.74) is 2.19. The maximum Gasteiger partial charge on any atom is 0.115 e. The predicted molar refractivity (Wildman–Crippen MR) is 83.2 cm³/mol. The van der Waals surface area contributed by atoms with Gasteiger partial charge in [0.1, 0.15) is 5.01 Å². The number of nitrogens with one attached hydrogen (secondary N) is 1. The molecule has 1 heterocycles. The Morgan fingerprint density at radius 1 is 1.21 bits per heavy atom. The first kappa shape index (κ1) is 14.5. The summed E-state index contributed by atoms with van der Waals surface area (Å²) in [6.07, 6.45) is 0. The molecule has 2 rings (SSSR count). The van der Waals surface area contributed by atoms with Crippen LogP contribution in [0.4, 0.5) is 0 Å². The van der Waals surface area contributed by atoms with E-state index in [-0.39, 0.29) is 6.04 Å². The van der Waals surface area contributed by atoms with Crippen LogP contribution in [0, 0.1) is 13.8 Å². The van der Waals surface area contributed by atoms with E-state index in [0.717, 1.165) is 21.3 Å². The Morgan fingerprint density at radius 3 is 2.42 bits per heavy atom. The minimum absolute atomic E-state index is 0.0612. The average molecular weight is 295 g/mol. The lowest BCUT2D eigenvalue weighted by molar-refractivity contribution is 0.526. The molecule has 0 spiro atoms. The summed E-state index contributed by atoms with van der Waals surface area (Å²) in [5, 5.41) is 5.42. The number of thiazole rings is 1. The van der Waals surface area contributed by atoms with Crippen LogP contribution in [0.25, 0.3) is 0 Å². The van der Waals surface area contributed by atoms with Gasteiger partial charge in [-0.05, 0) is 39.3 Å². The van der Waals surface area contributed by atoms with E-state index in [1.165, 1.54) is 4.88 Å². The summed E-state index contributed by atoms with van der Waals surface area (Å²) >= 11 is 8.07. The standard InChI is InChI=1S/C15H19ClN2S/c1-9(2)17-14(12-7-5-6-8-13(12)16)15-18-10(3)11(4)19-15/h5-9,14,17H,1-4H3. The molecule has 0 saturated carbocycles. The SMILES string of the molecule is Cc1nc(C(NC(C)C)c2ccccc2Cl)sc1C. The Kier molecular flexibility index (Phi) is 4.61. The second-order valence-electron chi connectivity index (χ2n) is 4.97. The molecule has 0 amide bonds. The van der Waals surface area contributed by atoms with Crippen LogP contribution >= 0.6 is 22.9 Å². The maximum absolute atomic E-state index is 6.34. The molecule has 4 heteroatoms. The lowest BCUT2D eigenvalue weighted by Gasteiger charge is -2.20. The molecular weight excluding hydrogens is 276 g/mol. The molecule has 1 atom stereocenters. The van der Waals surface area contributed by atoms with Gasteiger partial charge in [-0.2, -0.15) is 0 Å². The van der Waals surface area contributed by atoms with Crippen molar-refractivity contribution in [3.8, 4) is 0 Å². The van der Waals surface area contributed by atoms with Crippen molar-refractivity contribution in [2.24, 2.45) is 0 Å². The number of hydrogen-bond donors (Lipinski definition) is 1. The first-order valence-electron chi connectivity index (χ1n) is 6.43. The summed E-state index contributed by atoms with van der Waals surface area (Å²) in [6, 6.07) is 8.39. The van der Waals surface area contributed by atoms with Crippen LogP contribution < -0.4 is 5.32 Å². The number of aromatic nitrogens is 1. The van der Waals surface area contributed by atoms with Gasteiger partial charge in [0.2, 0.25) is 0 Å². The van der Waals surface area contributed by atoms with Crippen LogP contribution in [-0.2, 0) is 0 Å². The third-order valence-corrected chi connectivity index (χ3v) is 4.49. The molecule has 1 aromatic heterocycles. The quantitative estimate of drug-likeness (QED) is 0.898. The highest BCUT2D eigenvalue weighted by molar-refractivity contribution is 7.11. The van der Waals surface area contributed by atoms with E-state index in [4.69, 9.17) is 11.6 Å². The molecule has 0 aliphatic heterocycles. The monoisotopic (exact) mass is 294 g/mol. The summed E-state index contributed by atoms with van der Waals surface area (Å²) in [7, 11) is 0. The maximum atomic E-state index is 6.34. The van der Waals surface area contributed by atoms with Gasteiger partial charge in [-0.1, -0.05) is 29.8 Å². The highest BCUT2D eigenvalue weighted by Gasteiger charge is 2.21. The Morgan fingerprint density at radius 2 is 1.89 bits per heavy atom. The van der Waals surface area contributed by atoms with Crippen LogP contribution in [0.1, 0.15) is 41.0 Å². The molecule has 102 valence electrons. The van der Waals surface area contributed by atoms with Crippen molar-refractivity contribution in [1.82, 2.24) is 10.3 Å². The topological polar surface area (TPSA) is 24.9 Å². The lowest BCUT2D eigenvalue weighted by Crippen LogP contribution is -2.29. The highest BCUT2D eigenvalue weighted by atomic mass is 35.5. The molecule has 1 N–H and O–H groups in total. The molecule has 2 nitrogen and oxygen atoms in total. The van der Waals surface area contributed by atoms with Gasteiger partial charge in [-0.3, -0.25) is 0 Å². The minimum Gasteiger partial charge on any atom is -0.302 e.